The highest BCUT2D eigenvalue weighted by molar-refractivity contribution is 5.89. The Labute approximate surface area is 116 Å². The quantitative estimate of drug-likeness (QED) is 0.779. The molecule has 20 heavy (non-hydrogen) atoms. The standard InChI is InChI=1S/C14H18F3NO2/c1-10(2)18(9-14(15,16)17)8-11-4-6-12(7-5-11)13(19)20-3/h4-7,10H,8-9H2,1-3H3. The minimum absolute atomic E-state index is 0.179. The van der Waals surface area contributed by atoms with Crippen LogP contribution in [0.1, 0.15) is 29.8 Å². The van der Waals surface area contributed by atoms with E-state index in [9.17, 15) is 18.0 Å². The summed E-state index contributed by atoms with van der Waals surface area (Å²) in [5.74, 6) is -0.465. The van der Waals surface area contributed by atoms with E-state index in [1.165, 1.54) is 12.0 Å². The van der Waals surface area contributed by atoms with Crippen molar-refractivity contribution in [3.63, 3.8) is 0 Å². The molecule has 3 nitrogen and oxygen atoms in total. The smallest absolute Gasteiger partial charge is 0.401 e. The van der Waals surface area contributed by atoms with Gasteiger partial charge in [-0.3, -0.25) is 4.90 Å². The van der Waals surface area contributed by atoms with Gasteiger partial charge in [0.1, 0.15) is 0 Å². The van der Waals surface area contributed by atoms with E-state index in [0.29, 0.717) is 5.56 Å². The third-order valence-electron chi connectivity index (χ3n) is 2.87. The van der Waals surface area contributed by atoms with Crippen LogP contribution in [0, 0.1) is 0 Å². The maximum absolute atomic E-state index is 12.5. The molecule has 0 heterocycles. The van der Waals surface area contributed by atoms with Crippen molar-refractivity contribution in [1.29, 1.82) is 0 Å². The predicted molar refractivity (Wildman–Crippen MR) is 69.4 cm³/mol. The lowest BCUT2D eigenvalue weighted by molar-refractivity contribution is -0.150. The van der Waals surface area contributed by atoms with Crippen molar-refractivity contribution in [2.24, 2.45) is 0 Å². The Kier molecular flexibility index (Phi) is 5.56. The maximum atomic E-state index is 12.5. The molecule has 0 aliphatic heterocycles. The van der Waals surface area contributed by atoms with Crippen LogP contribution in [0.5, 0.6) is 0 Å². The first-order valence-corrected chi connectivity index (χ1v) is 6.21. The maximum Gasteiger partial charge on any atom is 0.401 e. The Balaban J connectivity index is 2.77. The van der Waals surface area contributed by atoms with Crippen LogP contribution in [0.25, 0.3) is 0 Å². The van der Waals surface area contributed by atoms with E-state index < -0.39 is 18.7 Å². The van der Waals surface area contributed by atoms with Crippen LogP contribution in [0.3, 0.4) is 0 Å². The van der Waals surface area contributed by atoms with Crippen molar-refractivity contribution < 1.29 is 22.7 Å². The van der Waals surface area contributed by atoms with Gasteiger partial charge in [-0.1, -0.05) is 12.1 Å². The summed E-state index contributed by atoms with van der Waals surface area (Å²) in [5.41, 5.74) is 1.10. The molecule has 0 unspecified atom stereocenters. The molecule has 1 aromatic rings. The molecule has 0 saturated heterocycles. The first kappa shape index (κ1) is 16.5. The normalized spacial score (nSPS) is 12.0. The van der Waals surface area contributed by atoms with Gasteiger partial charge in [0.15, 0.2) is 0 Å². The van der Waals surface area contributed by atoms with E-state index in [4.69, 9.17) is 0 Å². The number of hydrogen-bond acceptors (Lipinski definition) is 3. The first-order chi connectivity index (χ1) is 9.23. The number of carbonyl (C=O) groups is 1. The van der Waals surface area contributed by atoms with E-state index >= 15 is 0 Å². The summed E-state index contributed by atoms with van der Waals surface area (Å²) in [6.07, 6.45) is -4.23. The summed E-state index contributed by atoms with van der Waals surface area (Å²) >= 11 is 0. The van der Waals surface area contributed by atoms with Crippen LogP contribution in [0.15, 0.2) is 24.3 Å². The summed E-state index contributed by atoms with van der Waals surface area (Å²) in [4.78, 5) is 12.6. The summed E-state index contributed by atoms with van der Waals surface area (Å²) in [7, 11) is 1.28. The fourth-order valence-corrected chi connectivity index (χ4v) is 1.75. The number of methoxy groups -OCH3 is 1. The number of nitrogens with zero attached hydrogens (tertiary/aromatic N) is 1. The summed E-state index contributed by atoms with van der Waals surface area (Å²) in [6, 6.07) is 6.15. The molecular formula is C14H18F3NO2. The number of esters is 1. The highest BCUT2D eigenvalue weighted by Gasteiger charge is 2.31. The van der Waals surface area contributed by atoms with Crippen LogP contribution in [0.4, 0.5) is 13.2 Å². The zero-order chi connectivity index (χ0) is 15.3. The van der Waals surface area contributed by atoms with Crippen molar-refractivity contribution in [3.8, 4) is 0 Å². The Morgan fingerprint density at radius 3 is 2.20 bits per heavy atom. The van der Waals surface area contributed by atoms with E-state index in [1.807, 2.05) is 0 Å². The lowest BCUT2D eigenvalue weighted by atomic mass is 10.1. The van der Waals surface area contributed by atoms with Gasteiger partial charge >= 0.3 is 12.1 Å². The average molecular weight is 289 g/mol. The number of rotatable bonds is 5. The second kappa shape index (κ2) is 6.74. The summed E-state index contributed by atoms with van der Waals surface area (Å²) in [5, 5.41) is 0. The second-order valence-corrected chi connectivity index (χ2v) is 4.80. The van der Waals surface area contributed by atoms with Crippen LogP contribution >= 0.6 is 0 Å². The average Bonchev–Trinajstić information content (AvgIpc) is 2.36. The van der Waals surface area contributed by atoms with Crippen molar-refractivity contribution in [2.75, 3.05) is 13.7 Å². The molecule has 0 aliphatic carbocycles. The van der Waals surface area contributed by atoms with Crippen LogP contribution in [-0.4, -0.2) is 36.7 Å². The summed E-state index contributed by atoms with van der Waals surface area (Å²) < 4.78 is 42.0. The number of ether oxygens (including phenoxy) is 1. The molecule has 0 amide bonds. The van der Waals surface area contributed by atoms with Gasteiger partial charge in [-0.2, -0.15) is 13.2 Å². The number of benzene rings is 1. The lowest BCUT2D eigenvalue weighted by Crippen LogP contribution is -2.38. The Morgan fingerprint density at radius 2 is 1.80 bits per heavy atom. The molecule has 1 rings (SSSR count). The Morgan fingerprint density at radius 1 is 1.25 bits per heavy atom. The van der Waals surface area contributed by atoms with Crippen molar-refractivity contribution in [3.05, 3.63) is 35.4 Å². The van der Waals surface area contributed by atoms with Crippen molar-refractivity contribution in [1.82, 2.24) is 4.90 Å². The molecule has 0 radical (unpaired) electrons. The van der Waals surface area contributed by atoms with E-state index in [-0.39, 0.29) is 12.6 Å². The third kappa shape index (κ3) is 5.21. The highest BCUT2D eigenvalue weighted by Crippen LogP contribution is 2.20. The molecule has 0 spiro atoms. The molecule has 0 aromatic heterocycles. The van der Waals surface area contributed by atoms with Crippen LogP contribution in [-0.2, 0) is 11.3 Å². The first-order valence-electron chi connectivity index (χ1n) is 6.21. The molecule has 1 aromatic carbocycles. The molecule has 112 valence electrons. The zero-order valence-electron chi connectivity index (χ0n) is 11.7. The fraction of sp³-hybridized carbons (Fsp3) is 0.500. The Bertz CT molecular complexity index is 441. The zero-order valence-corrected chi connectivity index (χ0v) is 11.7. The van der Waals surface area contributed by atoms with Gasteiger partial charge in [0.25, 0.3) is 0 Å². The monoisotopic (exact) mass is 289 g/mol. The molecule has 0 atom stereocenters. The van der Waals surface area contributed by atoms with Gasteiger partial charge in [0, 0.05) is 12.6 Å². The van der Waals surface area contributed by atoms with Gasteiger partial charge in [-0.15, -0.1) is 0 Å². The van der Waals surface area contributed by atoms with Gasteiger partial charge in [-0.25, -0.2) is 4.79 Å². The molecule has 0 N–H and O–H groups in total. The second-order valence-electron chi connectivity index (χ2n) is 4.80. The third-order valence-corrected chi connectivity index (χ3v) is 2.87. The fourth-order valence-electron chi connectivity index (χ4n) is 1.75. The molecule has 0 fully saturated rings. The van der Waals surface area contributed by atoms with Crippen LogP contribution < -0.4 is 0 Å². The van der Waals surface area contributed by atoms with Crippen LogP contribution in [0.2, 0.25) is 0 Å². The minimum Gasteiger partial charge on any atom is -0.465 e. The molecular weight excluding hydrogens is 271 g/mol. The minimum atomic E-state index is -4.23. The van der Waals surface area contributed by atoms with Gasteiger partial charge in [-0.05, 0) is 31.5 Å². The lowest BCUT2D eigenvalue weighted by Gasteiger charge is -2.27. The number of carbonyl (C=O) groups excluding carboxylic acids is 1. The largest absolute Gasteiger partial charge is 0.465 e. The molecule has 0 bridgehead atoms. The predicted octanol–water partition coefficient (Wildman–Crippen LogP) is 3.25. The van der Waals surface area contributed by atoms with E-state index in [1.54, 1.807) is 38.1 Å². The van der Waals surface area contributed by atoms with Gasteiger partial charge in [0.2, 0.25) is 0 Å². The van der Waals surface area contributed by atoms with E-state index in [2.05, 4.69) is 4.74 Å². The van der Waals surface area contributed by atoms with E-state index in [0.717, 1.165) is 5.56 Å². The Hall–Kier alpha value is -1.56. The molecule has 0 aliphatic rings. The van der Waals surface area contributed by atoms with Gasteiger partial charge in [0.05, 0.1) is 19.2 Å². The van der Waals surface area contributed by atoms with Crippen molar-refractivity contribution in [2.45, 2.75) is 32.6 Å². The van der Waals surface area contributed by atoms with Crippen molar-refractivity contribution >= 4 is 5.97 Å². The number of alkyl halides is 3. The molecule has 0 saturated carbocycles. The topological polar surface area (TPSA) is 29.5 Å². The number of halogens is 3. The molecule has 6 heteroatoms. The summed E-state index contributed by atoms with van der Waals surface area (Å²) in [6.45, 7) is 2.66. The van der Waals surface area contributed by atoms with Gasteiger partial charge < -0.3 is 4.74 Å². The number of hydrogen-bond donors (Lipinski definition) is 0. The highest BCUT2D eigenvalue weighted by atomic mass is 19.4. The SMILES string of the molecule is COC(=O)c1ccc(CN(CC(F)(F)F)C(C)C)cc1.